The van der Waals surface area contributed by atoms with E-state index in [2.05, 4.69) is 4.98 Å². The molecule has 6 heteroatoms. The van der Waals surface area contributed by atoms with Crippen molar-refractivity contribution < 1.29 is 17.7 Å². The van der Waals surface area contributed by atoms with Crippen LogP contribution in [0, 0.1) is 0 Å². The Kier molecular flexibility index (Phi) is 5.35. The first-order chi connectivity index (χ1) is 12.5. The molecule has 3 rings (SSSR count). The van der Waals surface area contributed by atoms with Crippen LogP contribution >= 0.6 is 0 Å². The van der Waals surface area contributed by atoms with Crippen molar-refractivity contribution in [2.24, 2.45) is 0 Å². The van der Waals surface area contributed by atoms with E-state index in [4.69, 9.17) is 4.74 Å². The van der Waals surface area contributed by atoms with Gasteiger partial charge in [0.2, 0.25) is 0 Å². The molecule has 26 heavy (non-hydrogen) atoms. The predicted molar refractivity (Wildman–Crippen MR) is 101 cm³/mol. The SMILES string of the molecule is COc1cccc(-c2ccc(C(Cc3ccncc3)S(=O)(=O)O)cc2)c1. The highest BCUT2D eigenvalue weighted by Crippen LogP contribution is 2.29. The van der Waals surface area contributed by atoms with Crippen molar-refractivity contribution >= 4 is 10.1 Å². The first-order valence-electron chi connectivity index (χ1n) is 8.07. The number of pyridine rings is 1. The van der Waals surface area contributed by atoms with Crippen LogP contribution in [0.25, 0.3) is 11.1 Å². The van der Waals surface area contributed by atoms with Crippen LogP contribution in [0.1, 0.15) is 16.4 Å². The molecule has 5 nitrogen and oxygen atoms in total. The molecule has 1 unspecified atom stereocenters. The number of ether oxygens (including phenoxy) is 1. The maximum absolute atomic E-state index is 11.9. The van der Waals surface area contributed by atoms with Crippen LogP contribution in [0.2, 0.25) is 0 Å². The van der Waals surface area contributed by atoms with Crippen LogP contribution in [-0.4, -0.2) is 25.1 Å². The highest BCUT2D eigenvalue weighted by Gasteiger charge is 2.25. The zero-order valence-corrected chi connectivity index (χ0v) is 15.1. The van der Waals surface area contributed by atoms with Gasteiger partial charge >= 0.3 is 0 Å². The predicted octanol–water partition coefficient (Wildman–Crippen LogP) is 3.93. The Morgan fingerprint density at radius 1 is 1.00 bits per heavy atom. The normalized spacial score (nSPS) is 12.5. The number of aromatic nitrogens is 1. The molecule has 0 saturated heterocycles. The minimum absolute atomic E-state index is 0.180. The molecule has 0 aliphatic heterocycles. The van der Waals surface area contributed by atoms with Gasteiger partial charge < -0.3 is 4.74 Å². The number of nitrogens with zero attached hydrogens (tertiary/aromatic N) is 1. The summed E-state index contributed by atoms with van der Waals surface area (Å²) in [6.45, 7) is 0. The Bertz CT molecular complexity index is 970. The van der Waals surface area contributed by atoms with E-state index >= 15 is 0 Å². The summed E-state index contributed by atoms with van der Waals surface area (Å²) >= 11 is 0. The maximum atomic E-state index is 11.9. The smallest absolute Gasteiger partial charge is 0.272 e. The van der Waals surface area contributed by atoms with Gasteiger partial charge in [0.05, 0.1) is 7.11 Å². The van der Waals surface area contributed by atoms with E-state index in [1.54, 1.807) is 43.8 Å². The Labute approximate surface area is 153 Å². The standard InChI is InChI=1S/C20H19NO4S/c1-25-19-4-2-3-18(14-19)16-5-7-17(8-6-16)20(26(22,23)24)13-15-9-11-21-12-10-15/h2-12,14,20H,13H2,1H3,(H,22,23,24). The molecule has 0 aliphatic rings. The lowest BCUT2D eigenvalue weighted by atomic mass is 10.00. The number of methoxy groups -OCH3 is 1. The van der Waals surface area contributed by atoms with Gasteiger partial charge in [-0.2, -0.15) is 8.42 Å². The lowest BCUT2D eigenvalue weighted by Crippen LogP contribution is -2.15. The molecule has 1 heterocycles. The van der Waals surface area contributed by atoms with E-state index in [0.29, 0.717) is 5.56 Å². The topological polar surface area (TPSA) is 76.5 Å². The second kappa shape index (κ2) is 7.68. The zero-order chi connectivity index (χ0) is 18.6. The molecule has 3 aromatic rings. The summed E-state index contributed by atoms with van der Waals surface area (Å²) in [5.41, 5.74) is 3.23. The molecule has 0 aliphatic carbocycles. The molecule has 0 spiro atoms. The van der Waals surface area contributed by atoms with E-state index in [1.807, 2.05) is 36.4 Å². The molecule has 0 fully saturated rings. The Morgan fingerprint density at radius 2 is 1.69 bits per heavy atom. The van der Waals surface area contributed by atoms with Crippen molar-refractivity contribution in [3.63, 3.8) is 0 Å². The summed E-state index contributed by atoms with van der Waals surface area (Å²) in [4.78, 5) is 3.92. The zero-order valence-electron chi connectivity index (χ0n) is 14.2. The summed E-state index contributed by atoms with van der Waals surface area (Å²) < 4.78 is 38.7. The molecule has 0 saturated carbocycles. The lowest BCUT2D eigenvalue weighted by Gasteiger charge is -2.15. The van der Waals surface area contributed by atoms with Crippen molar-refractivity contribution in [1.82, 2.24) is 4.98 Å². The maximum Gasteiger partial charge on any atom is 0.272 e. The molecule has 1 N–H and O–H groups in total. The molecule has 0 bridgehead atoms. The van der Waals surface area contributed by atoms with Gasteiger partial charge in [-0.1, -0.05) is 36.4 Å². The van der Waals surface area contributed by atoms with Crippen molar-refractivity contribution in [3.8, 4) is 16.9 Å². The highest BCUT2D eigenvalue weighted by molar-refractivity contribution is 7.86. The second-order valence-electron chi connectivity index (χ2n) is 5.92. The van der Waals surface area contributed by atoms with Crippen molar-refractivity contribution in [2.45, 2.75) is 11.7 Å². The second-order valence-corrected chi connectivity index (χ2v) is 7.52. The molecule has 2 aromatic carbocycles. The third-order valence-electron chi connectivity index (χ3n) is 4.22. The molecular weight excluding hydrogens is 350 g/mol. The molecule has 0 amide bonds. The first kappa shape index (κ1) is 18.1. The summed E-state index contributed by atoms with van der Waals surface area (Å²) in [7, 11) is -2.64. The lowest BCUT2D eigenvalue weighted by molar-refractivity contribution is 0.415. The summed E-state index contributed by atoms with van der Waals surface area (Å²) in [6.07, 6.45) is 3.38. The van der Waals surface area contributed by atoms with Crippen LogP contribution in [0.5, 0.6) is 5.75 Å². The highest BCUT2D eigenvalue weighted by atomic mass is 32.2. The van der Waals surface area contributed by atoms with Crippen molar-refractivity contribution in [3.05, 3.63) is 84.2 Å². The van der Waals surface area contributed by atoms with E-state index in [0.717, 1.165) is 22.4 Å². The largest absolute Gasteiger partial charge is 0.497 e. The number of benzene rings is 2. The fourth-order valence-corrected chi connectivity index (χ4v) is 3.73. The number of hydrogen-bond donors (Lipinski definition) is 1. The Morgan fingerprint density at radius 3 is 2.31 bits per heavy atom. The molecule has 1 atom stereocenters. The molecular formula is C20H19NO4S. The van der Waals surface area contributed by atoms with Gasteiger partial charge in [0.15, 0.2) is 0 Å². The number of hydrogen-bond acceptors (Lipinski definition) is 4. The van der Waals surface area contributed by atoms with Crippen LogP contribution in [0.15, 0.2) is 73.1 Å². The summed E-state index contributed by atoms with van der Waals surface area (Å²) in [5.74, 6) is 0.750. The summed E-state index contributed by atoms with van der Waals surface area (Å²) in [6, 6.07) is 18.2. The van der Waals surface area contributed by atoms with Gasteiger partial charge in [0, 0.05) is 12.4 Å². The fraction of sp³-hybridized carbons (Fsp3) is 0.150. The fourth-order valence-electron chi connectivity index (χ4n) is 2.82. The van der Waals surface area contributed by atoms with E-state index in [-0.39, 0.29) is 6.42 Å². The van der Waals surface area contributed by atoms with Gasteiger partial charge in [0.1, 0.15) is 11.0 Å². The summed E-state index contributed by atoms with van der Waals surface area (Å²) in [5, 5.41) is -1.02. The van der Waals surface area contributed by atoms with E-state index < -0.39 is 15.4 Å². The minimum atomic E-state index is -4.24. The van der Waals surface area contributed by atoms with Crippen LogP contribution in [-0.2, 0) is 16.5 Å². The quantitative estimate of drug-likeness (QED) is 0.666. The van der Waals surface area contributed by atoms with E-state index in [1.165, 1.54) is 0 Å². The van der Waals surface area contributed by atoms with E-state index in [9.17, 15) is 13.0 Å². The average Bonchev–Trinajstić information content (AvgIpc) is 2.66. The van der Waals surface area contributed by atoms with Crippen molar-refractivity contribution in [1.29, 1.82) is 0 Å². The third kappa shape index (κ3) is 4.28. The minimum Gasteiger partial charge on any atom is -0.497 e. The first-order valence-corrected chi connectivity index (χ1v) is 9.57. The van der Waals surface area contributed by atoms with Gasteiger partial charge in [-0.3, -0.25) is 9.54 Å². The Hall–Kier alpha value is -2.70. The third-order valence-corrected chi connectivity index (χ3v) is 5.37. The van der Waals surface area contributed by atoms with Gasteiger partial charge in [-0.05, 0) is 52.9 Å². The van der Waals surface area contributed by atoms with Crippen LogP contribution in [0.4, 0.5) is 0 Å². The van der Waals surface area contributed by atoms with Gasteiger partial charge in [0.25, 0.3) is 10.1 Å². The Balaban J connectivity index is 1.91. The van der Waals surface area contributed by atoms with Gasteiger partial charge in [-0.15, -0.1) is 0 Å². The molecule has 134 valence electrons. The van der Waals surface area contributed by atoms with Crippen molar-refractivity contribution in [2.75, 3.05) is 7.11 Å². The van der Waals surface area contributed by atoms with Crippen LogP contribution < -0.4 is 4.74 Å². The van der Waals surface area contributed by atoms with Crippen LogP contribution in [0.3, 0.4) is 0 Å². The van der Waals surface area contributed by atoms with Gasteiger partial charge in [-0.25, -0.2) is 0 Å². The monoisotopic (exact) mass is 369 g/mol. The molecule has 0 radical (unpaired) electrons. The average molecular weight is 369 g/mol. The number of rotatable bonds is 6. The molecule has 1 aromatic heterocycles.